The second-order valence-corrected chi connectivity index (χ2v) is 6.61. The van der Waals surface area contributed by atoms with Gasteiger partial charge in [-0.2, -0.15) is 0 Å². The molecule has 0 unspecified atom stereocenters. The number of anilines is 1. The smallest absolute Gasteiger partial charge is 0.256 e. The fourth-order valence-corrected chi connectivity index (χ4v) is 3.59. The molecule has 0 spiro atoms. The molecule has 8 heteroatoms. The zero-order chi connectivity index (χ0) is 18.1. The zero-order valence-electron chi connectivity index (χ0n) is 13.3. The molecule has 0 radical (unpaired) electrons. The van der Waals surface area contributed by atoms with Crippen LogP contribution in [0.1, 0.15) is 26.5 Å². The fourth-order valence-electron chi connectivity index (χ4n) is 2.55. The Morgan fingerprint density at radius 2 is 2.12 bits per heavy atom. The van der Waals surface area contributed by atoms with Crippen molar-refractivity contribution in [3.63, 3.8) is 0 Å². The van der Waals surface area contributed by atoms with E-state index in [-0.39, 0.29) is 18.0 Å². The van der Waals surface area contributed by atoms with Gasteiger partial charge in [-0.3, -0.25) is 9.59 Å². The molecule has 0 bridgehead atoms. The lowest BCUT2D eigenvalue weighted by molar-refractivity contribution is 0.0942. The van der Waals surface area contributed by atoms with Crippen LogP contribution in [-0.4, -0.2) is 16.8 Å². The van der Waals surface area contributed by atoms with Gasteiger partial charge in [-0.25, -0.2) is 9.37 Å². The highest BCUT2D eigenvalue weighted by molar-refractivity contribution is 7.99. The van der Waals surface area contributed by atoms with E-state index in [9.17, 15) is 14.0 Å². The molecule has 4 rings (SSSR count). The Hall–Kier alpha value is -3.13. The van der Waals surface area contributed by atoms with Gasteiger partial charge in [0.2, 0.25) is 0 Å². The predicted molar refractivity (Wildman–Crippen MR) is 92.6 cm³/mol. The molecular weight excluding hydrogens is 357 g/mol. The molecule has 1 aliphatic rings. The Balaban J connectivity index is 1.63. The van der Waals surface area contributed by atoms with Crippen molar-refractivity contribution in [2.75, 3.05) is 5.32 Å². The molecule has 1 aliphatic heterocycles. The summed E-state index contributed by atoms with van der Waals surface area (Å²) in [4.78, 5) is 29.7. The number of nitrogens with zero attached hydrogens (tertiary/aromatic N) is 1. The Bertz CT molecular complexity index is 1000. The van der Waals surface area contributed by atoms with Crippen LogP contribution < -0.4 is 10.6 Å². The molecule has 2 heterocycles. The molecule has 2 amide bonds. The largest absolute Gasteiger partial charge is 0.447 e. The number of nitrogens with one attached hydrogen (secondary N) is 2. The molecule has 26 heavy (non-hydrogen) atoms. The highest BCUT2D eigenvalue weighted by Crippen LogP contribution is 2.39. The molecule has 0 saturated carbocycles. The molecule has 130 valence electrons. The van der Waals surface area contributed by atoms with Crippen LogP contribution in [0.3, 0.4) is 0 Å². The summed E-state index contributed by atoms with van der Waals surface area (Å²) in [6.45, 7) is 0.0852. The topological polar surface area (TPSA) is 84.2 Å². The van der Waals surface area contributed by atoms with E-state index in [0.29, 0.717) is 21.9 Å². The van der Waals surface area contributed by atoms with Crippen LogP contribution in [-0.2, 0) is 6.54 Å². The third-order valence-electron chi connectivity index (χ3n) is 3.82. The summed E-state index contributed by atoms with van der Waals surface area (Å²) in [6, 6.07) is 9.67. The van der Waals surface area contributed by atoms with Crippen LogP contribution in [0, 0.1) is 5.82 Å². The van der Waals surface area contributed by atoms with Gasteiger partial charge in [-0.15, -0.1) is 0 Å². The van der Waals surface area contributed by atoms with Gasteiger partial charge < -0.3 is 15.1 Å². The van der Waals surface area contributed by atoms with Gasteiger partial charge in [0.1, 0.15) is 11.6 Å². The van der Waals surface area contributed by atoms with Crippen molar-refractivity contribution < 1.29 is 18.4 Å². The Labute approximate surface area is 151 Å². The molecule has 1 aromatic heterocycles. The van der Waals surface area contributed by atoms with Gasteiger partial charge in [0.15, 0.2) is 6.39 Å². The first-order valence-electron chi connectivity index (χ1n) is 7.69. The lowest BCUT2D eigenvalue weighted by atomic mass is 10.1. The van der Waals surface area contributed by atoms with Crippen molar-refractivity contribution in [3.05, 3.63) is 71.7 Å². The summed E-state index contributed by atoms with van der Waals surface area (Å²) < 4.78 is 19.5. The lowest BCUT2D eigenvalue weighted by Gasteiger charge is -2.10. The summed E-state index contributed by atoms with van der Waals surface area (Å²) in [6.07, 6.45) is 2.70. The maximum Gasteiger partial charge on any atom is 0.256 e. The average molecular weight is 369 g/mol. The quantitative estimate of drug-likeness (QED) is 0.739. The summed E-state index contributed by atoms with van der Waals surface area (Å²) in [5.74, 6) is -1.12. The Kier molecular flexibility index (Phi) is 4.18. The molecule has 0 aliphatic carbocycles. The third kappa shape index (κ3) is 3.06. The minimum Gasteiger partial charge on any atom is -0.447 e. The number of aromatic nitrogens is 1. The highest BCUT2D eigenvalue weighted by Gasteiger charge is 2.23. The normalized spacial score (nSPS) is 12.6. The molecule has 2 aromatic carbocycles. The number of hydrogen-bond donors (Lipinski definition) is 2. The highest BCUT2D eigenvalue weighted by atomic mass is 32.2. The van der Waals surface area contributed by atoms with Gasteiger partial charge in [0.25, 0.3) is 11.8 Å². The van der Waals surface area contributed by atoms with Crippen LogP contribution in [0.2, 0.25) is 0 Å². The first-order valence-corrected chi connectivity index (χ1v) is 8.51. The van der Waals surface area contributed by atoms with Crippen molar-refractivity contribution >= 4 is 29.3 Å². The zero-order valence-corrected chi connectivity index (χ0v) is 14.1. The second-order valence-electron chi connectivity index (χ2n) is 5.53. The minimum absolute atomic E-state index is 0.0852. The third-order valence-corrected chi connectivity index (χ3v) is 4.95. The maximum atomic E-state index is 14.5. The van der Waals surface area contributed by atoms with Gasteiger partial charge in [-0.1, -0.05) is 23.9 Å². The number of rotatable bonds is 3. The van der Waals surface area contributed by atoms with E-state index < -0.39 is 11.7 Å². The monoisotopic (exact) mass is 369 g/mol. The van der Waals surface area contributed by atoms with Gasteiger partial charge in [-0.05, 0) is 24.3 Å². The molecule has 0 saturated heterocycles. The lowest BCUT2D eigenvalue weighted by Crippen LogP contribution is -2.24. The number of oxazole rings is 1. The summed E-state index contributed by atoms with van der Waals surface area (Å²) in [5, 5.41) is 5.30. The van der Waals surface area contributed by atoms with E-state index in [0.717, 1.165) is 4.90 Å². The van der Waals surface area contributed by atoms with Crippen molar-refractivity contribution in [2.45, 2.75) is 16.3 Å². The molecule has 3 aromatic rings. The van der Waals surface area contributed by atoms with Crippen LogP contribution in [0.5, 0.6) is 0 Å². The minimum atomic E-state index is -0.667. The standard InChI is InChI=1S/C18H12FN3O3S/c19-13-6-16-14(22-18(24)11-3-1-2-4-15(11)26-16)5-12(13)17(23)21-8-10-7-20-9-25-10/h1-7,9H,8H2,(H,21,23)(H,22,24). The SMILES string of the molecule is O=C(NCc1cnco1)c1cc2c(cc1F)Sc1ccccc1C(=O)N2. The van der Waals surface area contributed by atoms with E-state index in [4.69, 9.17) is 4.42 Å². The number of carbonyl (C=O) groups is 2. The number of halogens is 1. The van der Waals surface area contributed by atoms with Crippen molar-refractivity contribution in [1.29, 1.82) is 0 Å². The first kappa shape index (κ1) is 16.3. The summed E-state index contributed by atoms with van der Waals surface area (Å²) in [5.41, 5.74) is 0.739. The first-order chi connectivity index (χ1) is 12.6. The average Bonchev–Trinajstić information content (AvgIpc) is 3.11. The van der Waals surface area contributed by atoms with E-state index in [1.165, 1.54) is 36.5 Å². The Morgan fingerprint density at radius 1 is 1.27 bits per heavy atom. The summed E-state index contributed by atoms with van der Waals surface area (Å²) >= 11 is 1.27. The van der Waals surface area contributed by atoms with Gasteiger partial charge in [0.05, 0.1) is 29.6 Å². The number of fused-ring (bicyclic) bond motifs is 2. The number of carbonyl (C=O) groups excluding carboxylic acids is 2. The van der Waals surface area contributed by atoms with Crippen LogP contribution in [0.15, 0.2) is 63.2 Å². The number of benzene rings is 2. The van der Waals surface area contributed by atoms with Crippen molar-refractivity contribution in [1.82, 2.24) is 10.3 Å². The van der Waals surface area contributed by atoms with Crippen LogP contribution in [0.25, 0.3) is 0 Å². The molecule has 2 N–H and O–H groups in total. The van der Waals surface area contributed by atoms with Gasteiger partial charge in [0, 0.05) is 9.79 Å². The van der Waals surface area contributed by atoms with E-state index in [2.05, 4.69) is 15.6 Å². The summed E-state index contributed by atoms with van der Waals surface area (Å²) in [7, 11) is 0. The van der Waals surface area contributed by atoms with E-state index in [1.807, 2.05) is 6.07 Å². The maximum absolute atomic E-state index is 14.5. The molecule has 0 fully saturated rings. The number of hydrogen-bond acceptors (Lipinski definition) is 5. The van der Waals surface area contributed by atoms with E-state index in [1.54, 1.807) is 18.2 Å². The van der Waals surface area contributed by atoms with Gasteiger partial charge >= 0.3 is 0 Å². The number of amides is 2. The van der Waals surface area contributed by atoms with Crippen molar-refractivity contribution in [2.24, 2.45) is 0 Å². The molecular formula is C18H12FN3O3S. The van der Waals surface area contributed by atoms with Crippen LogP contribution in [0.4, 0.5) is 10.1 Å². The van der Waals surface area contributed by atoms with Crippen LogP contribution >= 0.6 is 11.8 Å². The molecule has 0 atom stereocenters. The second kappa shape index (κ2) is 6.64. The van der Waals surface area contributed by atoms with E-state index >= 15 is 0 Å². The van der Waals surface area contributed by atoms with Crippen molar-refractivity contribution in [3.8, 4) is 0 Å². The Morgan fingerprint density at radius 3 is 2.92 bits per heavy atom. The fraction of sp³-hybridized carbons (Fsp3) is 0.0556. The molecule has 6 nitrogen and oxygen atoms in total. The predicted octanol–water partition coefficient (Wildman–Crippen LogP) is 3.46.